The van der Waals surface area contributed by atoms with Crippen LogP contribution in [0.2, 0.25) is 0 Å². The Morgan fingerprint density at radius 1 is 0.971 bits per heavy atom. The number of hydrogen-bond donors (Lipinski definition) is 0. The third-order valence-electron chi connectivity index (χ3n) is 13.1. The van der Waals surface area contributed by atoms with Gasteiger partial charge in [0.1, 0.15) is 11.9 Å². The molecule has 0 amide bonds. The second-order valence-corrected chi connectivity index (χ2v) is 14.3. The lowest BCUT2D eigenvalue weighted by Crippen LogP contribution is -2.65. The Balaban J connectivity index is 1.55. The summed E-state index contributed by atoms with van der Waals surface area (Å²) in [4.78, 5) is 25.6. The molecule has 11 atom stereocenters. The summed E-state index contributed by atoms with van der Waals surface area (Å²) in [6, 6.07) is 0. The van der Waals surface area contributed by atoms with E-state index in [1.54, 1.807) is 5.57 Å². The largest absolute Gasteiger partial charge is 0.462 e. The summed E-state index contributed by atoms with van der Waals surface area (Å²) in [6.45, 7) is 18.7. The summed E-state index contributed by atoms with van der Waals surface area (Å²) in [5.41, 5.74) is 2.20. The van der Waals surface area contributed by atoms with E-state index >= 15 is 0 Å². The van der Waals surface area contributed by atoms with Gasteiger partial charge in [-0.05, 0) is 96.7 Å². The van der Waals surface area contributed by atoms with Gasteiger partial charge in [0, 0.05) is 18.8 Å². The molecule has 0 aliphatic heterocycles. The van der Waals surface area contributed by atoms with Crippen LogP contribution in [0.5, 0.6) is 0 Å². The zero-order chi connectivity index (χ0) is 24.8. The van der Waals surface area contributed by atoms with E-state index in [2.05, 4.69) is 54.5 Å². The first-order valence-corrected chi connectivity index (χ1v) is 14.2. The summed E-state index contributed by atoms with van der Waals surface area (Å²) in [7, 11) is 0. The number of allylic oxidation sites excluding steroid dienone is 2. The molecule has 3 nitrogen and oxygen atoms in total. The molecule has 0 aromatic heterocycles. The normalized spacial score (nSPS) is 54.6. The molecule has 3 heteroatoms. The van der Waals surface area contributed by atoms with Crippen molar-refractivity contribution in [3.63, 3.8) is 0 Å². The molecule has 4 saturated carbocycles. The average Bonchev–Trinajstić information content (AvgIpc) is 2.76. The molecule has 190 valence electrons. The Morgan fingerprint density at radius 2 is 1.68 bits per heavy atom. The molecule has 5 aliphatic rings. The van der Waals surface area contributed by atoms with Crippen LogP contribution in [0.4, 0.5) is 0 Å². The predicted molar refractivity (Wildman–Crippen MR) is 136 cm³/mol. The van der Waals surface area contributed by atoms with Crippen molar-refractivity contribution in [2.24, 2.45) is 57.2 Å². The maximum absolute atomic E-state index is 13.9. The molecule has 0 bridgehead atoms. The van der Waals surface area contributed by atoms with Gasteiger partial charge in [0.05, 0.1) is 0 Å². The van der Waals surface area contributed by atoms with Gasteiger partial charge in [0.2, 0.25) is 0 Å². The van der Waals surface area contributed by atoms with E-state index in [1.807, 2.05) is 0 Å². The second kappa shape index (κ2) is 7.69. The maximum atomic E-state index is 13.9. The second-order valence-electron chi connectivity index (χ2n) is 14.3. The van der Waals surface area contributed by atoms with Crippen molar-refractivity contribution in [3.8, 4) is 0 Å². The number of ether oxygens (including phenoxy) is 1. The topological polar surface area (TPSA) is 43.4 Å². The van der Waals surface area contributed by atoms with Crippen molar-refractivity contribution in [3.05, 3.63) is 11.6 Å². The summed E-state index contributed by atoms with van der Waals surface area (Å²) < 4.78 is 5.66. The van der Waals surface area contributed by atoms with E-state index in [1.165, 1.54) is 39.0 Å². The zero-order valence-electron chi connectivity index (χ0n) is 23.0. The molecular formula is C31H48O3. The summed E-state index contributed by atoms with van der Waals surface area (Å²) in [5.74, 6) is 3.22. The highest BCUT2D eigenvalue weighted by molar-refractivity contribution is 5.87. The molecule has 0 radical (unpaired) electrons. The van der Waals surface area contributed by atoms with E-state index in [-0.39, 0.29) is 34.2 Å². The lowest BCUT2D eigenvalue weighted by atomic mass is 9.34. The van der Waals surface area contributed by atoms with Gasteiger partial charge in [0.15, 0.2) is 0 Å². The van der Waals surface area contributed by atoms with E-state index in [0.29, 0.717) is 35.4 Å². The molecule has 0 aromatic carbocycles. The number of rotatable bonds is 1. The van der Waals surface area contributed by atoms with Crippen molar-refractivity contribution < 1.29 is 14.3 Å². The molecule has 5 aliphatic carbocycles. The number of esters is 1. The highest BCUT2D eigenvalue weighted by Gasteiger charge is 2.68. The maximum Gasteiger partial charge on any atom is 0.302 e. The van der Waals surface area contributed by atoms with Crippen LogP contribution in [0.15, 0.2) is 11.6 Å². The Hall–Kier alpha value is -1.12. The molecule has 0 heterocycles. The monoisotopic (exact) mass is 468 g/mol. The van der Waals surface area contributed by atoms with Crippen LogP contribution in [0, 0.1) is 57.2 Å². The van der Waals surface area contributed by atoms with Crippen molar-refractivity contribution in [2.75, 3.05) is 0 Å². The molecule has 0 spiro atoms. The van der Waals surface area contributed by atoms with E-state index in [0.717, 1.165) is 24.7 Å². The fourth-order valence-electron chi connectivity index (χ4n) is 10.5. The Kier molecular flexibility index (Phi) is 5.56. The Labute approximate surface area is 207 Å². The average molecular weight is 469 g/mol. The predicted octanol–water partition coefficient (Wildman–Crippen LogP) is 7.38. The minimum absolute atomic E-state index is 0.147. The fraction of sp³-hybridized carbons (Fsp3) is 0.871. The standard InChI is InChI=1S/C31H48O3/c1-18-11-13-28(5)15-16-29(6)23(27(28)19(18)2)9-10-25-30(29,7)14-12-22-20(3)24(34-21(4)32)17-26(33)31(22,25)8/h9,18-20,22,24-25,27H,10-17H2,1-8H3/t18-,19+,20?,22?,24?,25+,27+,28-,29-,30-,31+/m1/s1. The molecule has 0 aromatic rings. The highest BCUT2D eigenvalue weighted by atomic mass is 16.5. The minimum atomic E-state index is -0.319. The molecule has 4 fully saturated rings. The highest BCUT2D eigenvalue weighted by Crippen LogP contribution is 2.74. The first kappa shape index (κ1) is 24.6. The van der Waals surface area contributed by atoms with Gasteiger partial charge >= 0.3 is 5.97 Å². The molecule has 5 rings (SSSR count). The van der Waals surface area contributed by atoms with E-state index < -0.39 is 0 Å². The van der Waals surface area contributed by atoms with Crippen molar-refractivity contribution in [1.29, 1.82) is 0 Å². The molecule has 0 saturated heterocycles. The minimum Gasteiger partial charge on any atom is -0.462 e. The number of hydrogen-bond acceptors (Lipinski definition) is 3. The summed E-state index contributed by atoms with van der Waals surface area (Å²) in [5, 5.41) is 0. The number of Topliss-reactive ketones (excluding diaryl/α,β-unsaturated/α-hetero) is 1. The van der Waals surface area contributed by atoms with Crippen LogP contribution in [0.1, 0.15) is 107 Å². The lowest BCUT2D eigenvalue weighted by Gasteiger charge is -2.70. The number of ketones is 1. The van der Waals surface area contributed by atoms with Crippen molar-refractivity contribution in [2.45, 2.75) is 113 Å². The third-order valence-corrected chi connectivity index (χ3v) is 13.1. The van der Waals surface area contributed by atoms with Crippen LogP contribution in [-0.2, 0) is 14.3 Å². The summed E-state index contributed by atoms with van der Waals surface area (Å²) in [6.07, 6.45) is 11.4. The molecule has 0 N–H and O–H groups in total. The van der Waals surface area contributed by atoms with E-state index in [4.69, 9.17) is 4.74 Å². The quantitative estimate of drug-likeness (QED) is 0.298. The Bertz CT molecular complexity index is 920. The lowest BCUT2D eigenvalue weighted by molar-refractivity contribution is -0.192. The van der Waals surface area contributed by atoms with Crippen LogP contribution in [0.25, 0.3) is 0 Å². The zero-order valence-corrected chi connectivity index (χ0v) is 23.0. The molecular weight excluding hydrogens is 420 g/mol. The number of fused-ring (bicyclic) bond motifs is 7. The number of carbonyl (C=O) groups is 2. The van der Waals surface area contributed by atoms with Gasteiger partial charge in [-0.1, -0.05) is 60.1 Å². The number of carbonyl (C=O) groups excluding carboxylic acids is 2. The van der Waals surface area contributed by atoms with Gasteiger partial charge in [0.25, 0.3) is 0 Å². The Morgan fingerprint density at radius 3 is 2.35 bits per heavy atom. The van der Waals surface area contributed by atoms with Gasteiger partial charge in [-0.15, -0.1) is 0 Å². The van der Waals surface area contributed by atoms with Crippen LogP contribution >= 0.6 is 0 Å². The molecule has 3 unspecified atom stereocenters. The SMILES string of the molecule is CC(=O)OC1CC(=O)[C@@]2(C)C(CC[C@]3(C)[C@@H]2CC=C2[C@@H]4[C@@H](C)[C@H](C)CC[C@]4(C)CC[C@]23C)C1C. The van der Waals surface area contributed by atoms with Gasteiger partial charge in [-0.2, -0.15) is 0 Å². The smallest absolute Gasteiger partial charge is 0.302 e. The van der Waals surface area contributed by atoms with E-state index in [9.17, 15) is 9.59 Å². The fourth-order valence-corrected chi connectivity index (χ4v) is 10.5. The van der Waals surface area contributed by atoms with Gasteiger partial charge in [-0.3, -0.25) is 9.59 Å². The third kappa shape index (κ3) is 3.00. The first-order chi connectivity index (χ1) is 15.8. The summed E-state index contributed by atoms with van der Waals surface area (Å²) >= 11 is 0. The van der Waals surface area contributed by atoms with Crippen molar-refractivity contribution in [1.82, 2.24) is 0 Å². The van der Waals surface area contributed by atoms with Gasteiger partial charge < -0.3 is 4.74 Å². The van der Waals surface area contributed by atoms with Gasteiger partial charge in [-0.25, -0.2) is 0 Å². The van der Waals surface area contributed by atoms with Crippen LogP contribution < -0.4 is 0 Å². The van der Waals surface area contributed by atoms with Crippen LogP contribution in [0.3, 0.4) is 0 Å². The van der Waals surface area contributed by atoms with Crippen LogP contribution in [-0.4, -0.2) is 17.9 Å². The van der Waals surface area contributed by atoms with Crippen molar-refractivity contribution >= 4 is 11.8 Å². The molecule has 34 heavy (non-hydrogen) atoms. The first-order valence-electron chi connectivity index (χ1n) is 14.2.